The molecule has 1 aliphatic carbocycles. The molecule has 1 aromatic rings. The fourth-order valence-corrected chi connectivity index (χ4v) is 4.36. The maximum atomic E-state index is 11.8. The van der Waals surface area contributed by atoms with Gasteiger partial charge in [0, 0.05) is 39.1 Å². The Morgan fingerprint density at radius 2 is 1.79 bits per heavy atom. The summed E-state index contributed by atoms with van der Waals surface area (Å²) in [6.45, 7) is 7.06. The standard InChI is InChI=1S/C23H36N4O.HI/c1-17(2)20-10-12-21(13-11-20)26-23(24-3)25-15-18-6-8-19(9-7-18)16-27-14-4-5-22(27)28;/h6-9,17,20-21H,4-5,10-16H2,1-3H3,(H2,24,25,26);1H. The van der Waals surface area contributed by atoms with Gasteiger partial charge in [0.05, 0.1) is 0 Å². The van der Waals surface area contributed by atoms with E-state index in [0.29, 0.717) is 12.5 Å². The van der Waals surface area contributed by atoms with Gasteiger partial charge < -0.3 is 15.5 Å². The predicted molar refractivity (Wildman–Crippen MR) is 130 cm³/mol. The van der Waals surface area contributed by atoms with Gasteiger partial charge in [-0.1, -0.05) is 38.1 Å². The molecule has 0 atom stereocenters. The van der Waals surface area contributed by atoms with Crippen molar-refractivity contribution in [2.45, 2.75) is 71.5 Å². The molecule has 1 saturated carbocycles. The Hall–Kier alpha value is -1.31. The number of halogens is 1. The quantitative estimate of drug-likeness (QED) is 0.340. The Bertz CT molecular complexity index is 666. The summed E-state index contributed by atoms with van der Waals surface area (Å²) in [6.07, 6.45) is 6.78. The highest BCUT2D eigenvalue weighted by molar-refractivity contribution is 14.0. The molecule has 3 rings (SSSR count). The molecule has 1 aliphatic heterocycles. The van der Waals surface area contributed by atoms with Crippen LogP contribution < -0.4 is 10.6 Å². The van der Waals surface area contributed by atoms with Crippen LogP contribution in [0.1, 0.15) is 63.5 Å². The van der Waals surface area contributed by atoms with Crippen molar-refractivity contribution in [1.82, 2.24) is 15.5 Å². The van der Waals surface area contributed by atoms with E-state index in [2.05, 4.69) is 53.7 Å². The van der Waals surface area contributed by atoms with E-state index in [1.54, 1.807) is 0 Å². The van der Waals surface area contributed by atoms with Crippen LogP contribution >= 0.6 is 24.0 Å². The summed E-state index contributed by atoms with van der Waals surface area (Å²) in [6, 6.07) is 9.08. The molecule has 5 nitrogen and oxygen atoms in total. The number of likely N-dealkylation sites (tertiary alicyclic amines) is 1. The minimum absolute atomic E-state index is 0. The molecule has 6 heteroatoms. The number of guanidine groups is 1. The van der Waals surface area contributed by atoms with Crippen molar-refractivity contribution in [1.29, 1.82) is 0 Å². The summed E-state index contributed by atoms with van der Waals surface area (Å²) < 4.78 is 0. The van der Waals surface area contributed by atoms with Crippen LogP contribution in [0, 0.1) is 11.8 Å². The van der Waals surface area contributed by atoms with Gasteiger partial charge in [0.2, 0.25) is 5.91 Å². The molecule has 2 aliphatic rings. The molecule has 1 heterocycles. The Morgan fingerprint density at radius 3 is 2.34 bits per heavy atom. The van der Waals surface area contributed by atoms with Gasteiger partial charge in [0.25, 0.3) is 0 Å². The van der Waals surface area contributed by atoms with Gasteiger partial charge in [0.15, 0.2) is 5.96 Å². The third kappa shape index (κ3) is 7.15. The second kappa shape index (κ2) is 11.8. The summed E-state index contributed by atoms with van der Waals surface area (Å²) in [5.41, 5.74) is 2.42. The Kier molecular flexibility index (Phi) is 9.72. The average Bonchev–Trinajstić information content (AvgIpc) is 3.11. The summed E-state index contributed by atoms with van der Waals surface area (Å²) in [5, 5.41) is 7.04. The van der Waals surface area contributed by atoms with Crippen LogP contribution in [0.5, 0.6) is 0 Å². The van der Waals surface area contributed by atoms with E-state index in [1.807, 2.05) is 11.9 Å². The number of rotatable bonds is 6. The zero-order chi connectivity index (χ0) is 19.9. The Morgan fingerprint density at radius 1 is 1.14 bits per heavy atom. The van der Waals surface area contributed by atoms with Crippen LogP contribution in [0.15, 0.2) is 29.3 Å². The lowest BCUT2D eigenvalue weighted by Crippen LogP contribution is -2.44. The zero-order valence-corrected chi connectivity index (χ0v) is 20.4. The minimum Gasteiger partial charge on any atom is -0.354 e. The maximum absolute atomic E-state index is 11.8. The smallest absolute Gasteiger partial charge is 0.222 e. The molecular formula is C23H37IN4O. The molecule has 0 spiro atoms. The van der Waals surface area contributed by atoms with Crippen molar-refractivity contribution in [2.24, 2.45) is 16.8 Å². The number of nitrogens with one attached hydrogen (secondary N) is 2. The van der Waals surface area contributed by atoms with Gasteiger partial charge in [-0.05, 0) is 55.1 Å². The van der Waals surface area contributed by atoms with E-state index in [1.165, 1.54) is 36.8 Å². The fourth-order valence-electron chi connectivity index (χ4n) is 4.36. The van der Waals surface area contributed by atoms with Crippen molar-refractivity contribution in [3.8, 4) is 0 Å². The second-order valence-corrected chi connectivity index (χ2v) is 8.66. The first-order chi connectivity index (χ1) is 13.5. The van der Waals surface area contributed by atoms with Crippen LogP contribution in [-0.4, -0.2) is 36.4 Å². The van der Waals surface area contributed by atoms with Gasteiger partial charge >= 0.3 is 0 Å². The third-order valence-electron chi connectivity index (χ3n) is 6.31. The SMILES string of the molecule is CN=C(NCc1ccc(CN2CCCC2=O)cc1)NC1CCC(C(C)C)CC1.I. The van der Waals surface area contributed by atoms with E-state index in [0.717, 1.165) is 43.9 Å². The molecule has 0 unspecified atom stereocenters. The lowest BCUT2D eigenvalue weighted by Gasteiger charge is -2.32. The molecule has 162 valence electrons. The molecule has 0 aromatic heterocycles. The van der Waals surface area contributed by atoms with E-state index in [-0.39, 0.29) is 29.9 Å². The summed E-state index contributed by atoms with van der Waals surface area (Å²) in [5.74, 6) is 2.84. The van der Waals surface area contributed by atoms with Crippen LogP contribution in [0.2, 0.25) is 0 Å². The van der Waals surface area contributed by atoms with Crippen molar-refractivity contribution in [3.63, 3.8) is 0 Å². The second-order valence-electron chi connectivity index (χ2n) is 8.66. The minimum atomic E-state index is 0. The summed E-state index contributed by atoms with van der Waals surface area (Å²) in [4.78, 5) is 18.1. The predicted octanol–water partition coefficient (Wildman–Crippen LogP) is 4.31. The maximum Gasteiger partial charge on any atom is 0.222 e. The Labute approximate surface area is 193 Å². The van der Waals surface area contributed by atoms with Gasteiger partial charge in [-0.15, -0.1) is 24.0 Å². The lowest BCUT2D eigenvalue weighted by atomic mass is 9.80. The third-order valence-corrected chi connectivity index (χ3v) is 6.31. The average molecular weight is 512 g/mol. The molecule has 0 radical (unpaired) electrons. The highest BCUT2D eigenvalue weighted by Crippen LogP contribution is 2.29. The van der Waals surface area contributed by atoms with Crippen LogP contribution in [0.3, 0.4) is 0 Å². The molecule has 0 bridgehead atoms. The first-order valence-electron chi connectivity index (χ1n) is 10.9. The number of hydrogen-bond donors (Lipinski definition) is 2. The monoisotopic (exact) mass is 512 g/mol. The van der Waals surface area contributed by atoms with Crippen molar-refractivity contribution < 1.29 is 4.79 Å². The number of carbonyl (C=O) groups excluding carboxylic acids is 1. The number of nitrogens with zero attached hydrogens (tertiary/aromatic N) is 2. The van der Waals surface area contributed by atoms with Gasteiger partial charge in [-0.25, -0.2) is 0 Å². The molecule has 2 N–H and O–H groups in total. The van der Waals surface area contributed by atoms with Gasteiger partial charge in [0.1, 0.15) is 0 Å². The Balaban J connectivity index is 0.00000300. The van der Waals surface area contributed by atoms with Crippen molar-refractivity contribution in [3.05, 3.63) is 35.4 Å². The molecule has 1 amide bonds. The molecule has 1 aromatic carbocycles. The van der Waals surface area contributed by atoms with E-state index < -0.39 is 0 Å². The summed E-state index contributed by atoms with van der Waals surface area (Å²) in [7, 11) is 1.84. The van der Waals surface area contributed by atoms with E-state index >= 15 is 0 Å². The van der Waals surface area contributed by atoms with Crippen LogP contribution in [0.25, 0.3) is 0 Å². The van der Waals surface area contributed by atoms with Crippen LogP contribution in [-0.2, 0) is 17.9 Å². The highest BCUT2D eigenvalue weighted by atomic mass is 127. The number of benzene rings is 1. The summed E-state index contributed by atoms with van der Waals surface area (Å²) >= 11 is 0. The van der Waals surface area contributed by atoms with Gasteiger partial charge in [-0.3, -0.25) is 9.79 Å². The number of carbonyl (C=O) groups is 1. The topological polar surface area (TPSA) is 56.7 Å². The first kappa shape index (κ1) is 24.0. The molecule has 2 fully saturated rings. The molecular weight excluding hydrogens is 475 g/mol. The normalized spacial score (nSPS) is 22.6. The number of aliphatic imine (C=N–C) groups is 1. The van der Waals surface area contributed by atoms with E-state index in [9.17, 15) is 4.79 Å². The van der Waals surface area contributed by atoms with Crippen LogP contribution in [0.4, 0.5) is 0 Å². The first-order valence-corrected chi connectivity index (χ1v) is 10.9. The molecule has 29 heavy (non-hydrogen) atoms. The number of amides is 1. The zero-order valence-electron chi connectivity index (χ0n) is 18.1. The highest BCUT2D eigenvalue weighted by Gasteiger charge is 2.23. The largest absolute Gasteiger partial charge is 0.354 e. The lowest BCUT2D eigenvalue weighted by molar-refractivity contribution is -0.128. The number of hydrogen-bond acceptors (Lipinski definition) is 2. The fraction of sp³-hybridized carbons (Fsp3) is 0.652. The van der Waals surface area contributed by atoms with E-state index in [4.69, 9.17) is 0 Å². The van der Waals surface area contributed by atoms with Crippen molar-refractivity contribution >= 4 is 35.8 Å². The van der Waals surface area contributed by atoms with Crippen molar-refractivity contribution in [2.75, 3.05) is 13.6 Å². The molecule has 1 saturated heterocycles. The van der Waals surface area contributed by atoms with Gasteiger partial charge in [-0.2, -0.15) is 0 Å².